The molecule has 0 aliphatic carbocycles. The van der Waals surface area contributed by atoms with Gasteiger partial charge in [-0.25, -0.2) is 13.8 Å². The molecule has 2 aromatic heterocycles. The van der Waals surface area contributed by atoms with Gasteiger partial charge in [0.15, 0.2) is 5.82 Å². The summed E-state index contributed by atoms with van der Waals surface area (Å²) in [4.78, 5) is 19.6. The Kier molecular flexibility index (Phi) is 6.52. The number of rotatable bonds is 7. The maximum atomic E-state index is 13.4. The van der Waals surface area contributed by atoms with Gasteiger partial charge in [-0.3, -0.25) is 4.79 Å². The zero-order chi connectivity index (χ0) is 24.5. The molecule has 2 heterocycles. The van der Waals surface area contributed by atoms with E-state index in [1.807, 2.05) is 20.8 Å². The Labute approximate surface area is 200 Å². The molecule has 10 heteroatoms. The molecular formula is C24H26F2N6OS. The average Bonchev–Trinajstić information content (AvgIpc) is 3.32. The molecule has 0 aliphatic heterocycles. The fourth-order valence-corrected chi connectivity index (χ4v) is 4.17. The van der Waals surface area contributed by atoms with Crippen molar-refractivity contribution in [1.82, 2.24) is 19.9 Å². The van der Waals surface area contributed by atoms with Gasteiger partial charge in [-0.15, -0.1) is 5.10 Å². The first-order valence-corrected chi connectivity index (χ1v) is 11.6. The van der Waals surface area contributed by atoms with Crippen LogP contribution in [0.4, 0.5) is 19.7 Å². The molecule has 4 rings (SSSR count). The van der Waals surface area contributed by atoms with Gasteiger partial charge >= 0.3 is 0 Å². The van der Waals surface area contributed by atoms with E-state index >= 15 is 0 Å². The molecule has 0 aliphatic rings. The second-order valence-corrected chi connectivity index (χ2v) is 9.96. The zero-order valence-electron chi connectivity index (χ0n) is 19.4. The molecule has 1 amide bonds. The Morgan fingerprint density at radius 3 is 2.29 bits per heavy atom. The van der Waals surface area contributed by atoms with Crippen LogP contribution in [0.25, 0.3) is 16.2 Å². The van der Waals surface area contributed by atoms with Gasteiger partial charge in [-0.05, 0) is 62.7 Å². The highest BCUT2D eigenvalue weighted by Gasteiger charge is 2.23. The van der Waals surface area contributed by atoms with Gasteiger partial charge in [0.25, 0.3) is 0 Å². The Morgan fingerprint density at radius 1 is 1.06 bits per heavy atom. The molecule has 2 aromatic carbocycles. The second kappa shape index (κ2) is 9.38. The van der Waals surface area contributed by atoms with Gasteiger partial charge in [0.2, 0.25) is 16.0 Å². The van der Waals surface area contributed by atoms with Crippen molar-refractivity contribution in [2.75, 3.05) is 23.8 Å². The maximum Gasteiger partial charge on any atom is 0.239 e. The normalized spacial score (nSPS) is 11.6. The van der Waals surface area contributed by atoms with E-state index < -0.39 is 0 Å². The number of likely N-dealkylation sites (N-methyl/N-ethyl adjacent to an activating group) is 1. The van der Waals surface area contributed by atoms with Gasteiger partial charge in [0, 0.05) is 24.7 Å². The Morgan fingerprint density at radius 2 is 1.68 bits per heavy atom. The fourth-order valence-electron chi connectivity index (χ4n) is 3.31. The van der Waals surface area contributed by atoms with E-state index in [9.17, 15) is 13.6 Å². The van der Waals surface area contributed by atoms with Crippen molar-refractivity contribution in [3.8, 4) is 11.3 Å². The molecule has 0 spiro atoms. The quantitative estimate of drug-likeness (QED) is 0.398. The fraction of sp³-hybridized carbons (Fsp3) is 0.292. The number of imidazole rings is 1. The van der Waals surface area contributed by atoms with E-state index in [0.29, 0.717) is 28.1 Å². The molecule has 7 nitrogen and oxygen atoms in total. The van der Waals surface area contributed by atoms with Crippen LogP contribution < -0.4 is 15.5 Å². The van der Waals surface area contributed by atoms with E-state index in [-0.39, 0.29) is 29.6 Å². The first-order chi connectivity index (χ1) is 16.1. The van der Waals surface area contributed by atoms with Crippen molar-refractivity contribution < 1.29 is 13.6 Å². The van der Waals surface area contributed by atoms with E-state index in [1.54, 1.807) is 40.7 Å². The summed E-state index contributed by atoms with van der Waals surface area (Å²) in [5.74, 6) is -0.105. The summed E-state index contributed by atoms with van der Waals surface area (Å²) < 4.78 is 28.2. The monoisotopic (exact) mass is 484 g/mol. The molecule has 0 bridgehead atoms. The molecule has 178 valence electrons. The number of carbonyl (C=O) groups excluding carboxylic acids is 1. The number of nitrogens with zero attached hydrogens (tertiary/aromatic N) is 4. The Bertz CT molecular complexity index is 1290. The highest BCUT2D eigenvalue weighted by Crippen LogP contribution is 2.34. The van der Waals surface area contributed by atoms with Crippen LogP contribution in [-0.4, -0.2) is 39.6 Å². The van der Waals surface area contributed by atoms with Crippen LogP contribution in [0, 0.1) is 11.6 Å². The van der Waals surface area contributed by atoms with Crippen molar-refractivity contribution in [2.24, 2.45) is 0 Å². The predicted octanol–water partition coefficient (Wildman–Crippen LogP) is 4.70. The third-order valence-corrected chi connectivity index (χ3v) is 5.94. The van der Waals surface area contributed by atoms with Crippen LogP contribution in [0.2, 0.25) is 0 Å². The first kappa shape index (κ1) is 23.6. The molecule has 0 saturated carbocycles. The van der Waals surface area contributed by atoms with Crippen LogP contribution in [0.3, 0.4) is 0 Å². The van der Waals surface area contributed by atoms with Gasteiger partial charge < -0.3 is 15.5 Å². The third kappa shape index (κ3) is 5.51. The van der Waals surface area contributed by atoms with E-state index in [2.05, 4.69) is 15.7 Å². The lowest BCUT2D eigenvalue weighted by Gasteiger charge is -2.22. The minimum atomic E-state index is -0.313. The van der Waals surface area contributed by atoms with Crippen LogP contribution in [0.1, 0.15) is 26.3 Å². The molecule has 4 aromatic rings. The number of carbonyl (C=O) groups is 1. The summed E-state index contributed by atoms with van der Waals surface area (Å²) in [6.45, 7) is 6.52. The number of hydrogen-bond donors (Lipinski definition) is 2. The highest BCUT2D eigenvalue weighted by molar-refractivity contribution is 7.20. The zero-order valence-corrected chi connectivity index (χ0v) is 20.2. The van der Waals surface area contributed by atoms with E-state index in [0.717, 1.165) is 11.1 Å². The van der Waals surface area contributed by atoms with Gasteiger partial charge in [-0.1, -0.05) is 23.5 Å². The Hall–Kier alpha value is -3.53. The van der Waals surface area contributed by atoms with Crippen LogP contribution >= 0.6 is 11.3 Å². The van der Waals surface area contributed by atoms with E-state index in [4.69, 9.17) is 4.98 Å². The summed E-state index contributed by atoms with van der Waals surface area (Å²) >= 11 is 1.35. The lowest BCUT2D eigenvalue weighted by Crippen LogP contribution is -2.34. The number of fused-ring (bicyclic) bond motifs is 1. The van der Waals surface area contributed by atoms with Crippen molar-refractivity contribution in [1.29, 1.82) is 0 Å². The van der Waals surface area contributed by atoms with Gasteiger partial charge in [-0.2, -0.15) is 4.52 Å². The number of aromatic nitrogens is 3. The molecule has 0 fully saturated rings. The third-order valence-electron chi connectivity index (χ3n) is 4.91. The standard InChI is InChI=1S/C24H26F2N6OS/c1-24(2,3)29-21-20(16-7-11-18(26)12-8-16)28-22-32(21)30-23(34-22)31(4)14-19(33)27-13-15-5-9-17(25)10-6-15/h5-12,29H,13-14H2,1-4H3,(H,27,33). The SMILES string of the molecule is CN(CC(=O)NCc1ccc(F)cc1)c1nn2c(NC(C)(C)C)c(-c3ccc(F)cc3)nc2s1. The Balaban J connectivity index is 1.53. The summed E-state index contributed by atoms with van der Waals surface area (Å²) in [6.07, 6.45) is 0. The van der Waals surface area contributed by atoms with Gasteiger partial charge in [0.05, 0.1) is 6.54 Å². The maximum absolute atomic E-state index is 13.4. The van der Waals surface area contributed by atoms with Crippen molar-refractivity contribution in [3.63, 3.8) is 0 Å². The number of halogens is 2. The number of amides is 1. The number of anilines is 2. The smallest absolute Gasteiger partial charge is 0.239 e. The lowest BCUT2D eigenvalue weighted by molar-refractivity contribution is -0.119. The largest absolute Gasteiger partial charge is 0.364 e. The summed E-state index contributed by atoms with van der Waals surface area (Å²) in [5, 5.41) is 11.6. The van der Waals surface area contributed by atoms with Crippen molar-refractivity contribution >= 4 is 33.2 Å². The molecule has 0 unspecified atom stereocenters. The van der Waals surface area contributed by atoms with Gasteiger partial charge in [0.1, 0.15) is 17.3 Å². The second-order valence-electron chi connectivity index (χ2n) is 9.03. The molecule has 2 N–H and O–H groups in total. The van der Waals surface area contributed by atoms with Crippen LogP contribution in [0.15, 0.2) is 48.5 Å². The lowest BCUT2D eigenvalue weighted by atomic mass is 10.1. The molecule has 0 radical (unpaired) electrons. The molecule has 0 atom stereocenters. The number of benzene rings is 2. The number of nitrogens with one attached hydrogen (secondary N) is 2. The number of hydrogen-bond acceptors (Lipinski definition) is 6. The summed E-state index contributed by atoms with van der Waals surface area (Å²) in [5.41, 5.74) is 2.01. The van der Waals surface area contributed by atoms with Crippen molar-refractivity contribution in [2.45, 2.75) is 32.9 Å². The first-order valence-electron chi connectivity index (χ1n) is 10.7. The van der Waals surface area contributed by atoms with Crippen LogP contribution in [0.5, 0.6) is 0 Å². The minimum Gasteiger partial charge on any atom is -0.364 e. The summed E-state index contributed by atoms with van der Waals surface area (Å²) in [6, 6.07) is 12.2. The van der Waals surface area contributed by atoms with Crippen LogP contribution in [-0.2, 0) is 11.3 Å². The topological polar surface area (TPSA) is 74.6 Å². The molecule has 34 heavy (non-hydrogen) atoms. The highest BCUT2D eigenvalue weighted by atomic mass is 32.1. The van der Waals surface area contributed by atoms with E-state index in [1.165, 1.54) is 35.6 Å². The summed E-state index contributed by atoms with van der Waals surface area (Å²) in [7, 11) is 1.79. The predicted molar refractivity (Wildman–Crippen MR) is 131 cm³/mol. The molecule has 0 saturated heterocycles. The average molecular weight is 485 g/mol. The molecular weight excluding hydrogens is 458 g/mol. The minimum absolute atomic E-state index is 0.102. The van der Waals surface area contributed by atoms with Crippen molar-refractivity contribution in [3.05, 3.63) is 65.7 Å².